The van der Waals surface area contributed by atoms with Crippen LogP contribution in [0.5, 0.6) is 0 Å². The van der Waals surface area contributed by atoms with Crippen molar-refractivity contribution in [2.45, 2.75) is 19.8 Å². The van der Waals surface area contributed by atoms with E-state index in [4.69, 9.17) is 4.74 Å². The lowest BCUT2D eigenvalue weighted by atomic mass is 10.3. The summed E-state index contributed by atoms with van der Waals surface area (Å²) in [6, 6.07) is 0. The fourth-order valence-electron chi connectivity index (χ4n) is 0.745. The highest BCUT2D eigenvalue weighted by Crippen LogP contribution is 1.83. The van der Waals surface area contributed by atoms with E-state index in [2.05, 4.69) is 5.32 Å². The van der Waals surface area contributed by atoms with Gasteiger partial charge in [0.15, 0.2) is 0 Å². The van der Waals surface area contributed by atoms with Crippen molar-refractivity contribution >= 4 is 5.91 Å². The monoisotopic (exact) mass is 171 g/mol. The van der Waals surface area contributed by atoms with Crippen LogP contribution in [0.25, 0.3) is 0 Å². The van der Waals surface area contributed by atoms with Gasteiger partial charge < -0.3 is 10.1 Å². The predicted molar refractivity (Wildman–Crippen MR) is 48.9 cm³/mol. The third kappa shape index (κ3) is 7.28. The molecule has 3 heteroatoms. The van der Waals surface area contributed by atoms with Gasteiger partial charge in [-0.2, -0.15) is 0 Å². The summed E-state index contributed by atoms with van der Waals surface area (Å²) in [6.07, 6.45) is 5.35. The van der Waals surface area contributed by atoms with Crippen molar-refractivity contribution in [1.82, 2.24) is 5.32 Å². The van der Waals surface area contributed by atoms with Gasteiger partial charge in [-0.15, -0.1) is 0 Å². The maximum absolute atomic E-state index is 10.9. The van der Waals surface area contributed by atoms with Crippen LogP contribution in [0.1, 0.15) is 19.8 Å². The second-order valence-electron chi connectivity index (χ2n) is 2.45. The smallest absolute Gasteiger partial charge is 0.222 e. The van der Waals surface area contributed by atoms with Gasteiger partial charge in [0.1, 0.15) is 0 Å². The molecule has 0 aliphatic heterocycles. The molecule has 70 valence electrons. The number of ether oxygens (including phenoxy) is 1. The number of carbonyl (C=O) groups excluding carboxylic acids is 1. The minimum Gasteiger partial charge on any atom is -0.384 e. The van der Waals surface area contributed by atoms with Crippen molar-refractivity contribution in [2.24, 2.45) is 0 Å². The third-order valence-corrected chi connectivity index (χ3v) is 1.40. The van der Waals surface area contributed by atoms with Crippen molar-refractivity contribution in [2.75, 3.05) is 20.3 Å². The maximum atomic E-state index is 10.9. The number of hydrogen-bond acceptors (Lipinski definition) is 2. The molecule has 0 spiro atoms. The van der Waals surface area contributed by atoms with Crippen LogP contribution in [0.3, 0.4) is 0 Å². The molecule has 0 rings (SSSR count). The van der Waals surface area contributed by atoms with E-state index in [1.54, 1.807) is 7.11 Å². The number of allylic oxidation sites excluding steroid dienone is 1. The van der Waals surface area contributed by atoms with Crippen molar-refractivity contribution in [3.63, 3.8) is 0 Å². The van der Waals surface area contributed by atoms with Crippen molar-refractivity contribution < 1.29 is 9.53 Å². The van der Waals surface area contributed by atoms with Crippen LogP contribution in [0.2, 0.25) is 0 Å². The molecule has 0 bridgehead atoms. The number of carbonyl (C=O) groups is 1. The largest absolute Gasteiger partial charge is 0.384 e. The molecule has 0 aromatic carbocycles. The Labute approximate surface area is 73.8 Å². The van der Waals surface area contributed by atoms with Gasteiger partial charge >= 0.3 is 0 Å². The van der Waals surface area contributed by atoms with Crippen LogP contribution in [0.4, 0.5) is 0 Å². The molecule has 0 aromatic heterocycles. The van der Waals surface area contributed by atoms with Gasteiger partial charge in [-0.25, -0.2) is 0 Å². The quantitative estimate of drug-likeness (QED) is 0.480. The fourth-order valence-corrected chi connectivity index (χ4v) is 0.745. The SMILES string of the molecule is C/C=C/CCNC(=O)CCOC. The maximum Gasteiger partial charge on any atom is 0.222 e. The van der Waals surface area contributed by atoms with E-state index in [0.717, 1.165) is 6.42 Å². The van der Waals surface area contributed by atoms with E-state index in [1.807, 2.05) is 19.1 Å². The van der Waals surface area contributed by atoms with E-state index >= 15 is 0 Å². The van der Waals surface area contributed by atoms with E-state index in [9.17, 15) is 4.79 Å². The topological polar surface area (TPSA) is 38.3 Å². The molecule has 0 radical (unpaired) electrons. The number of methoxy groups -OCH3 is 1. The molecule has 0 aliphatic carbocycles. The number of rotatable bonds is 6. The average molecular weight is 171 g/mol. The summed E-state index contributed by atoms with van der Waals surface area (Å²) in [5, 5.41) is 2.78. The molecular formula is C9H17NO2. The Morgan fingerprint density at radius 2 is 2.33 bits per heavy atom. The molecule has 0 saturated carbocycles. The molecule has 3 nitrogen and oxygen atoms in total. The van der Waals surface area contributed by atoms with Crippen molar-refractivity contribution in [1.29, 1.82) is 0 Å². The summed E-state index contributed by atoms with van der Waals surface area (Å²) in [7, 11) is 1.59. The highest BCUT2D eigenvalue weighted by molar-refractivity contribution is 5.75. The molecule has 12 heavy (non-hydrogen) atoms. The van der Waals surface area contributed by atoms with E-state index in [0.29, 0.717) is 19.6 Å². The first-order valence-corrected chi connectivity index (χ1v) is 4.18. The average Bonchev–Trinajstić information content (AvgIpc) is 2.09. The first kappa shape index (κ1) is 11.2. The zero-order chi connectivity index (χ0) is 9.23. The molecule has 0 atom stereocenters. The Morgan fingerprint density at radius 3 is 2.92 bits per heavy atom. The Kier molecular flexibility index (Phi) is 7.70. The third-order valence-electron chi connectivity index (χ3n) is 1.40. The minimum atomic E-state index is 0.0568. The Morgan fingerprint density at radius 1 is 1.58 bits per heavy atom. The minimum absolute atomic E-state index is 0.0568. The van der Waals surface area contributed by atoms with Crippen LogP contribution < -0.4 is 5.32 Å². The Balaban J connectivity index is 3.19. The second-order valence-corrected chi connectivity index (χ2v) is 2.45. The normalized spacial score (nSPS) is 10.5. The second kappa shape index (κ2) is 8.27. The van der Waals surface area contributed by atoms with Gasteiger partial charge in [0, 0.05) is 20.1 Å². The molecule has 0 aliphatic rings. The highest BCUT2D eigenvalue weighted by atomic mass is 16.5. The van der Waals surface area contributed by atoms with Gasteiger partial charge in [-0.3, -0.25) is 4.79 Å². The molecule has 0 saturated heterocycles. The summed E-state index contributed by atoms with van der Waals surface area (Å²) >= 11 is 0. The predicted octanol–water partition coefficient (Wildman–Crippen LogP) is 1.11. The zero-order valence-electron chi connectivity index (χ0n) is 7.80. The first-order valence-electron chi connectivity index (χ1n) is 4.18. The first-order chi connectivity index (χ1) is 5.81. The van der Waals surface area contributed by atoms with Crippen LogP contribution in [-0.2, 0) is 9.53 Å². The van der Waals surface area contributed by atoms with Crippen LogP contribution in [0, 0.1) is 0 Å². The molecule has 1 N–H and O–H groups in total. The molecule has 0 aromatic rings. The van der Waals surface area contributed by atoms with E-state index < -0.39 is 0 Å². The number of hydrogen-bond donors (Lipinski definition) is 1. The van der Waals surface area contributed by atoms with Gasteiger partial charge in [0.05, 0.1) is 6.61 Å². The Hall–Kier alpha value is -0.830. The lowest BCUT2D eigenvalue weighted by Crippen LogP contribution is -2.24. The molecule has 0 fully saturated rings. The molecule has 0 unspecified atom stereocenters. The Bertz CT molecular complexity index is 143. The standard InChI is InChI=1S/C9H17NO2/c1-3-4-5-7-10-9(11)6-8-12-2/h3-4H,5-8H2,1-2H3,(H,10,11)/b4-3+. The van der Waals surface area contributed by atoms with Gasteiger partial charge in [0.2, 0.25) is 5.91 Å². The molecular weight excluding hydrogens is 154 g/mol. The van der Waals surface area contributed by atoms with Crippen LogP contribution in [-0.4, -0.2) is 26.2 Å². The lowest BCUT2D eigenvalue weighted by Gasteiger charge is -2.01. The van der Waals surface area contributed by atoms with Gasteiger partial charge in [0.25, 0.3) is 0 Å². The summed E-state index contributed by atoms with van der Waals surface area (Å²) in [5.74, 6) is 0.0568. The fraction of sp³-hybridized carbons (Fsp3) is 0.667. The summed E-state index contributed by atoms with van der Waals surface area (Å²) in [4.78, 5) is 10.9. The van der Waals surface area contributed by atoms with E-state index in [1.165, 1.54) is 0 Å². The van der Waals surface area contributed by atoms with Gasteiger partial charge in [-0.05, 0) is 13.3 Å². The van der Waals surface area contributed by atoms with Crippen molar-refractivity contribution in [3.8, 4) is 0 Å². The van der Waals surface area contributed by atoms with Crippen LogP contribution in [0.15, 0.2) is 12.2 Å². The molecule has 1 amide bonds. The summed E-state index contributed by atoms with van der Waals surface area (Å²) in [6.45, 7) is 3.18. The summed E-state index contributed by atoms with van der Waals surface area (Å²) in [5.41, 5.74) is 0. The highest BCUT2D eigenvalue weighted by Gasteiger charge is 1.97. The zero-order valence-corrected chi connectivity index (χ0v) is 7.80. The number of amides is 1. The van der Waals surface area contributed by atoms with E-state index in [-0.39, 0.29) is 5.91 Å². The number of nitrogens with one attached hydrogen (secondary N) is 1. The summed E-state index contributed by atoms with van der Waals surface area (Å²) < 4.78 is 4.77. The van der Waals surface area contributed by atoms with Gasteiger partial charge in [-0.1, -0.05) is 12.2 Å². The molecule has 0 heterocycles. The van der Waals surface area contributed by atoms with Crippen molar-refractivity contribution in [3.05, 3.63) is 12.2 Å². The lowest BCUT2D eigenvalue weighted by molar-refractivity contribution is -0.121. The van der Waals surface area contributed by atoms with Crippen LogP contribution >= 0.6 is 0 Å².